The lowest BCUT2D eigenvalue weighted by Crippen LogP contribution is -1.98. The van der Waals surface area contributed by atoms with E-state index in [-0.39, 0.29) is 10.6 Å². The molecule has 0 saturated heterocycles. The first-order valence-corrected chi connectivity index (χ1v) is 6.34. The van der Waals surface area contributed by atoms with Crippen LogP contribution in [0.5, 0.6) is 5.75 Å². The van der Waals surface area contributed by atoms with Crippen molar-refractivity contribution in [2.75, 3.05) is 7.11 Å². The molecule has 1 aromatic rings. The Labute approximate surface area is 92.0 Å². The highest BCUT2D eigenvalue weighted by atomic mass is 35.7. The van der Waals surface area contributed by atoms with E-state index in [1.807, 2.05) is 0 Å². The quantitative estimate of drug-likeness (QED) is 0.763. The van der Waals surface area contributed by atoms with Gasteiger partial charge < -0.3 is 4.74 Å². The van der Waals surface area contributed by atoms with Crippen molar-refractivity contribution < 1.29 is 13.2 Å². The van der Waals surface area contributed by atoms with Crippen LogP contribution in [0.1, 0.15) is 5.56 Å². The van der Waals surface area contributed by atoms with E-state index in [0.29, 0.717) is 10.6 Å². The second-order valence-electron chi connectivity index (χ2n) is 2.69. The van der Waals surface area contributed by atoms with Gasteiger partial charge >= 0.3 is 0 Å². The standard InChI is InChI=1S/C8H8Cl2O3S/c1-5-3-6(9)4-7(8(5)13-2)14(10,11)12/h3-4H,1-2H3. The first kappa shape index (κ1) is 11.6. The molecule has 14 heavy (non-hydrogen) atoms. The third-order valence-corrected chi connectivity index (χ3v) is 3.22. The highest BCUT2D eigenvalue weighted by molar-refractivity contribution is 8.13. The monoisotopic (exact) mass is 254 g/mol. The van der Waals surface area contributed by atoms with Crippen molar-refractivity contribution in [1.29, 1.82) is 0 Å². The fraction of sp³-hybridized carbons (Fsp3) is 0.250. The molecule has 0 unspecified atom stereocenters. The maximum Gasteiger partial charge on any atom is 0.265 e. The van der Waals surface area contributed by atoms with E-state index in [1.165, 1.54) is 13.2 Å². The predicted octanol–water partition coefficient (Wildman–Crippen LogP) is 2.58. The molecule has 0 spiro atoms. The van der Waals surface area contributed by atoms with Crippen LogP contribution in [0.2, 0.25) is 5.02 Å². The molecule has 78 valence electrons. The van der Waals surface area contributed by atoms with Crippen LogP contribution in [0.4, 0.5) is 0 Å². The lowest BCUT2D eigenvalue weighted by atomic mass is 10.2. The van der Waals surface area contributed by atoms with Crippen molar-refractivity contribution in [2.24, 2.45) is 0 Å². The smallest absolute Gasteiger partial charge is 0.265 e. The maximum atomic E-state index is 11.1. The molecule has 0 N–H and O–H groups in total. The van der Waals surface area contributed by atoms with Crippen LogP contribution in [0.15, 0.2) is 17.0 Å². The minimum absolute atomic E-state index is 0.105. The van der Waals surface area contributed by atoms with Crippen LogP contribution < -0.4 is 4.74 Å². The molecule has 0 fully saturated rings. The van der Waals surface area contributed by atoms with Crippen LogP contribution >= 0.6 is 22.3 Å². The SMILES string of the molecule is COc1c(C)cc(Cl)cc1S(=O)(=O)Cl. The van der Waals surface area contributed by atoms with Gasteiger partial charge in [-0.25, -0.2) is 8.42 Å². The van der Waals surface area contributed by atoms with Crippen LogP contribution in [0.3, 0.4) is 0 Å². The summed E-state index contributed by atoms with van der Waals surface area (Å²) in [6, 6.07) is 2.86. The fourth-order valence-corrected chi connectivity index (χ4v) is 2.56. The van der Waals surface area contributed by atoms with Crippen molar-refractivity contribution >= 4 is 31.3 Å². The van der Waals surface area contributed by atoms with Gasteiger partial charge in [0.05, 0.1) is 7.11 Å². The number of hydrogen-bond donors (Lipinski definition) is 0. The van der Waals surface area contributed by atoms with Gasteiger partial charge in [-0.15, -0.1) is 0 Å². The molecule has 1 aromatic carbocycles. The van der Waals surface area contributed by atoms with Gasteiger partial charge in [-0.2, -0.15) is 0 Å². The first-order valence-electron chi connectivity index (χ1n) is 3.65. The van der Waals surface area contributed by atoms with E-state index in [9.17, 15) is 8.42 Å². The molecular weight excluding hydrogens is 247 g/mol. The highest BCUT2D eigenvalue weighted by Crippen LogP contribution is 2.32. The third-order valence-electron chi connectivity index (χ3n) is 1.67. The molecule has 1 rings (SSSR count). The molecular formula is C8H8Cl2O3S. The zero-order chi connectivity index (χ0) is 10.9. The van der Waals surface area contributed by atoms with E-state index in [4.69, 9.17) is 27.0 Å². The summed E-state index contributed by atoms with van der Waals surface area (Å²) in [5, 5.41) is 0.308. The average molecular weight is 255 g/mol. The summed E-state index contributed by atoms with van der Waals surface area (Å²) in [5.74, 6) is 0.226. The zero-order valence-electron chi connectivity index (χ0n) is 7.54. The number of ether oxygens (including phenoxy) is 1. The van der Waals surface area contributed by atoms with Gasteiger partial charge in [-0.05, 0) is 24.6 Å². The number of rotatable bonds is 2. The molecule has 0 aliphatic carbocycles. The van der Waals surface area contributed by atoms with Gasteiger partial charge in [0.25, 0.3) is 9.05 Å². The summed E-state index contributed by atoms with van der Waals surface area (Å²) >= 11 is 5.71. The minimum atomic E-state index is -3.83. The Morgan fingerprint density at radius 3 is 2.36 bits per heavy atom. The second kappa shape index (κ2) is 3.96. The number of halogens is 2. The lowest BCUT2D eigenvalue weighted by Gasteiger charge is -2.09. The molecule has 0 aliphatic rings. The Balaban J connectivity index is 3.56. The van der Waals surface area contributed by atoms with E-state index < -0.39 is 9.05 Å². The lowest BCUT2D eigenvalue weighted by molar-refractivity contribution is 0.400. The van der Waals surface area contributed by atoms with E-state index in [1.54, 1.807) is 13.0 Å². The molecule has 0 amide bonds. The van der Waals surface area contributed by atoms with Crippen molar-refractivity contribution in [1.82, 2.24) is 0 Å². The van der Waals surface area contributed by atoms with Crippen LogP contribution in [0.25, 0.3) is 0 Å². The zero-order valence-corrected chi connectivity index (χ0v) is 9.87. The molecule has 6 heteroatoms. The Morgan fingerprint density at radius 1 is 1.36 bits per heavy atom. The van der Waals surface area contributed by atoms with Gasteiger partial charge in [-0.3, -0.25) is 0 Å². The van der Waals surface area contributed by atoms with Gasteiger partial charge in [-0.1, -0.05) is 11.6 Å². The van der Waals surface area contributed by atoms with Gasteiger partial charge in [0.2, 0.25) is 0 Å². The molecule has 0 bridgehead atoms. The number of benzene rings is 1. The van der Waals surface area contributed by atoms with Gasteiger partial charge in [0.15, 0.2) is 0 Å². The number of aryl methyl sites for hydroxylation is 1. The molecule has 0 aromatic heterocycles. The molecule has 0 atom stereocenters. The molecule has 0 aliphatic heterocycles. The van der Waals surface area contributed by atoms with Crippen molar-refractivity contribution in [3.63, 3.8) is 0 Å². The number of methoxy groups -OCH3 is 1. The Bertz CT molecular complexity index is 454. The number of hydrogen-bond acceptors (Lipinski definition) is 3. The summed E-state index contributed by atoms with van der Waals surface area (Å²) in [7, 11) is 2.77. The molecule has 0 radical (unpaired) electrons. The first-order chi connectivity index (χ1) is 6.36. The van der Waals surface area contributed by atoms with Gasteiger partial charge in [0.1, 0.15) is 10.6 Å². The summed E-state index contributed by atoms with van der Waals surface area (Å²) in [6.45, 7) is 1.69. The summed E-state index contributed by atoms with van der Waals surface area (Å²) in [5.41, 5.74) is 0.624. The maximum absolute atomic E-state index is 11.1. The average Bonchev–Trinajstić information content (AvgIpc) is 2.01. The Hall–Kier alpha value is -0.450. The normalized spacial score (nSPS) is 11.4. The van der Waals surface area contributed by atoms with E-state index >= 15 is 0 Å². The Kier molecular flexibility index (Phi) is 3.29. The molecule has 0 heterocycles. The van der Waals surface area contributed by atoms with Crippen molar-refractivity contribution in [3.05, 3.63) is 22.7 Å². The topological polar surface area (TPSA) is 43.4 Å². The van der Waals surface area contributed by atoms with E-state index in [0.717, 1.165) is 0 Å². The summed E-state index contributed by atoms with van der Waals surface area (Å²) in [6.07, 6.45) is 0. The minimum Gasteiger partial charge on any atom is -0.495 e. The van der Waals surface area contributed by atoms with Crippen LogP contribution in [0, 0.1) is 6.92 Å². The highest BCUT2D eigenvalue weighted by Gasteiger charge is 2.19. The van der Waals surface area contributed by atoms with Crippen molar-refractivity contribution in [3.8, 4) is 5.75 Å². The predicted molar refractivity (Wildman–Crippen MR) is 55.8 cm³/mol. The Morgan fingerprint density at radius 2 is 1.93 bits per heavy atom. The summed E-state index contributed by atoms with van der Waals surface area (Å²) < 4.78 is 27.2. The molecule has 0 saturated carbocycles. The van der Waals surface area contributed by atoms with Crippen molar-refractivity contribution in [2.45, 2.75) is 11.8 Å². The third kappa shape index (κ3) is 2.32. The fourth-order valence-electron chi connectivity index (χ4n) is 1.14. The molecule has 3 nitrogen and oxygen atoms in total. The summed E-state index contributed by atoms with van der Waals surface area (Å²) in [4.78, 5) is -0.105. The largest absolute Gasteiger partial charge is 0.495 e. The van der Waals surface area contributed by atoms with E-state index in [2.05, 4.69) is 0 Å². The van der Waals surface area contributed by atoms with Crippen LogP contribution in [-0.2, 0) is 9.05 Å². The van der Waals surface area contributed by atoms with Crippen LogP contribution in [-0.4, -0.2) is 15.5 Å². The second-order valence-corrected chi connectivity index (χ2v) is 5.66. The van der Waals surface area contributed by atoms with Gasteiger partial charge in [0, 0.05) is 15.7 Å².